The second-order valence-electron chi connectivity index (χ2n) is 5.25. The minimum Gasteiger partial charge on any atom is -0.319 e. The first-order valence-corrected chi connectivity index (χ1v) is 7.30. The van der Waals surface area contributed by atoms with Gasteiger partial charge in [0.25, 0.3) is 5.91 Å². The summed E-state index contributed by atoms with van der Waals surface area (Å²) >= 11 is 0. The predicted molar refractivity (Wildman–Crippen MR) is 85.5 cm³/mol. The minimum atomic E-state index is -4.51. The van der Waals surface area contributed by atoms with Crippen molar-refractivity contribution in [2.24, 2.45) is 0 Å². The van der Waals surface area contributed by atoms with E-state index in [1.54, 1.807) is 42.2 Å². The highest BCUT2D eigenvalue weighted by Gasteiger charge is 2.31. The van der Waals surface area contributed by atoms with Crippen molar-refractivity contribution in [3.05, 3.63) is 71.9 Å². The Bertz CT molecular complexity index is 918. The number of rotatable bonds is 3. The Kier molecular flexibility index (Phi) is 4.26. The zero-order chi connectivity index (χ0) is 18.0. The smallest absolute Gasteiger partial charge is 0.319 e. The van der Waals surface area contributed by atoms with E-state index in [0.29, 0.717) is 17.3 Å². The van der Waals surface area contributed by atoms with Crippen LogP contribution in [0.2, 0.25) is 0 Å². The van der Waals surface area contributed by atoms with Crippen LogP contribution in [-0.4, -0.2) is 20.4 Å². The van der Waals surface area contributed by atoms with E-state index in [1.807, 2.05) is 0 Å². The summed E-state index contributed by atoms with van der Waals surface area (Å²) in [6.45, 7) is 1.77. The molecule has 1 amide bonds. The van der Waals surface area contributed by atoms with Gasteiger partial charge in [0.1, 0.15) is 5.82 Å². The summed E-state index contributed by atoms with van der Waals surface area (Å²) in [5.41, 5.74) is -0.602. The van der Waals surface area contributed by atoms with E-state index in [9.17, 15) is 18.0 Å². The quantitative estimate of drug-likeness (QED) is 0.784. The van der Waals surface area contributed by atoms with E-state index in [2.05, 4.69) is 15.3 Å². The average Bonchev–Trinajstić information content (AvgIpc) is 3.00. The maximum absolute atomic E-state index is 12.8. The number of hydrogen-bond donors (Lipinski definition) is 1. The number of imidazole rings is 1. The Hall–Kier alpha value is -3.16. The molecule has 2 aromatic heterocycles. The first-order valence-electron chi connectivity index (χ1n) is 7.30. The Balaban J connectivity index is 1.92. The lowest BCUT2D eigenvalue weighted by molar-refractivity contribution is -0.137. The molecule has 128 valence electrons. The van der Waals surface area contributed by atoms with Crippen LogP contribution in [0, 0.1) is 6.92 Å². The van der Waals surface area contributed by atoms with Gasteiger partial charge < -0.3 is 5.32 Å². The number of benzene rings is 1. The van der Waals surface area contributed by atoms with Crippen LogP contribution < -0.4 is 5.32 Å². The molecule has 2 heterocycles. The number of halogens is 3. The molecule has 3 aromatic rings. The molecule has 8 heteroatoms. The Morgan fingerprint density at radius 3 is 2.60 bits per heavy atom. The van der Waals surface area contributed by atoms with Crippen molar-refractivity contribution in [2.75, 3.05) is 5.32 Å². The lowest BCUT2D eigenvalue weighted by atomic mass is 10.1. The molecule has 0 spiro atoms. The third-order valence-electron chi connectivity index (χ3n) is 3.54. The zero-order valence-electron chi connectivity index (χ0n) is 13.1. The van der Waals surface area contributed by atoms with E-state index < -0.39 is 17.6 Å². The molecule has 0 radical (unpaired) electrons. The standard InChI is InChI=1S/C17H13F3N4O/c1-11-21-8-9-24(11)15-14(6-3-7-22-15)23-16(25)12-4-2-5-13(10-12)17(18,19)20/h2-10H,1H3,(H,23,25). The summed E-state index contributed by atoms with van der Waals surface area (Å²) in [4.78, 5) is 20.7. The van der Waals surface area contributed by atoms with Gasteiger partial charge in [-0.25, -0.2) is 9.97 Å². The van der Waals surface area contributed by atoms with Gasteiger partial charge in [0.05, 0.1) is 11.3 Å². The molecule has 0 unspecified atom stereocenters. The van der Waals surface area contributed by atoms with Gasteiger partial charge in [-0.2, -0.15) is 13.2 Å². The molecule has 3 rings (SSSR count). The summed E-state index contributed by atoms with van der Waals surface area (Å²) in [5.74, 6) is 0.434. The topological polar surface area (TPSA) is 59.8 Å². The number of alkyl halides is 3. The molecule has 1 aromatic carbocycles. The zero-order valence-corrected chi connectivity index (χ0v) is 13.1. The van der Waals surface area contributed by atoms with Crippen LogP contribution >= 0.6 is 0 Å². The van der Waals surface area contributed by atoms with Crippen LogP contribution in [0.3, 0.4) is 0 Å². The van der Waals surface area contributed by atoms with Gasteiger partial charge >= 0.3 is 6.18 Å². The van der Waals surface area contributed by atoms with E-state index in [-0.39, 0.29) is 5.56 Å². The molecule has 0 aliphatic heterocycles. The van der Waals surface area contributed by atoms with Crippen molar-refractivity contribution >= 4 is 11.6 Å². The fourth-order valence-electron chi connectivity index (χ4n) is 2.32. The molecule has 0 aliphatic rings. The van der Waals surface area contributed by atoms with Crippen molar-refractivity contribution in [3.8, 4) is 5.82 Å². The molecule has 0 aliphatic carbocycles. The normalized spacial score (nSPS) is 11.4. The SMILES string of the molecule is Cc1nccn1-c1ncccc1NC(=O)c1cccc(C(F)(F)F)c1. The van der Waals surface area contributed by atoms with Gasteiger partial charge in [-0.1, -0.05) is 6.07 Å². The maximum atomic E-state index is 12.8. The molecular weight excluding hydrogens is 333 g/mol. The number of amides is 1. The molecule has 0 saturated carbocycles. The van der Waals surface area contributed by atoms with Crippen LogP contribution in [0.1, 0.15) is 21.7 Å². The highest BCUT2D eigenvalue weighted by Crippen LogP contribution is 2.29. The van der Waals surface area contributed by atoms with Crippen molar-refractivity contribution in [2.45, 2.75) is 13.1 Å². The molecular formula is C17H13F3N4O. The van der Waals surface area contributed by atoms with Crippen LogP contribution in [0.15, 0.2) is 55.0 Å². The number of pyridine rings is 1. The fourth-order valence-corrected chi connectivity index (χ4v) is 2.32. The first kappa shape index (κ1) is 16.7. The van der Waals surface area contributed by atoms with Crippen LogP contribution in [0.5, 0.6) is 0 Å². The lowest BCUT2D eigenvalue weighted by Gasteiger charge is -2.12. The highest BCUT2D eigenvalue weighted by atomic mass is 19.4. The number of carbonyl (C=O) groups excluding carboxylic acids is 1. The number of hydrogen-bond acceptors (Lipinski definition) is 3. The van der Waals surface area contributed by atoms with Gasteiger partial charge in [0, 0.05) is 24.2 Å². The minimum absolute atomic E-state index is 0.0908. The van der Waals surface area contributed by atoms with E-state index in [4.69, 9.17) is 0 Å². The number of aryl methyl sites for hydroxylation is 1. The lowest BCUT2D eigenvalue weighted by Crippen LogP contribution is -2.16. The van der Waals surface area contributed by atoms with Gasteiger partial charge in [-0.15, -0.1) is 0 Å². The predicted octanol–water partition coefficient (Wildman–Crippen LogP) is 3.85. The van der Waals surface area contributed by atoms with E-state index >= 15 is 0 Å². The number of nitrogens with zero attached hydrogens (tertiary/aromatic N) is 3. The number of aromatic nitrogens is 3. The van der Waals surface area contributed by atoms with Gasteiger partial charge in [0.15, 0.2) is 5.82 Å². The molecule has 0 bridgehead atoms. The van der Waals surface area contributed by atoms with Crippen molar-refractivity contribution in [1.82, 2.24) is 14.5 Å². The number of anilines is 1. The summed E-state index contributed by atoms with van der Waals surface area (Å²) in [5, 5.41) is 2.60. The largest absolute Gasteiger partial charge is 0.416 e. The van der Waals surface area contributed by atoms with Crippen molar-refractivity contribution < 1.29 is 18.0 Å². The fraction of sp³-hybridized carbons (Fsp3) is 0.118. The Labute approximate surface area is 141 Å². The third-order valence-corrected chi connectivity index (χ3v) is 3.54. The first-order chi connectivity index (χ1) is 11.9. The van der Waals surface area contributed by atoms with Crippen LogP contribution in [-0.2, 0) is 6.18 Å². The van der Waals surface area contributed by atoms with Gasteiger partial charge in [-0.3, -0.25) is 9.36 Å². The second kappa shape index (κ2) is 6.39. The van der Waals surface area contributed by atoms with Crippen molar-refractivity contribution in [3.63, 3.8) is 0 Å². The van der Waals surface area contributed by atoms with E-state index in [0.717, 1.165) is 12.1 Å². The third kappa shape index (κ3) is 3.52. The summed E-state index contributed by atoms with van der Waals surface area (Å²) < 4.78 is 40.1. The molecule has 25 heavy (non-hydrogen) atoms. The van der Waals surface area contributed by atoms with Crippen molar-refractivity contribution in [1.29, 1.82) is 0 Å². The highest BCUT2D eigenvalue weighted by molar-refractivity contribution is 6.05. The summed E-state index contributed by atoms with van der Waals surface area (Å²) in [6, 6.07) is 7.49. The average molecular weight is 346 g/mol. The molecule has 0 atom stereocenters. The van der Waals surface area contributed by atoms with Gasteiger partial charge in [0.2, 0.25) is 0 Å². The van der Waals surface area contributed by atoms with Gasteiger partial charge in [-0.05, 0) is 37.3 Å². The van der Waals surface area contributed by atoms with E-state index in [1.165, 1.54) is 12.1 Å². The monoisotopic (exact) mass is 346 g/mol. The Morgan fingerprint density at radius 2 is 1.92 bits per heavy atom. The Morgan fingerprint density at radius 1 is 1.12 bits per heavy atom. The molecule has 0 saturated heterocycles. The summed E-state index contributed by atoms with van der Waals surface area (Å²) in [6.07, 6.45) is 0.304. The molecule has 1 N–H and O–H groups in total. The summed E-state index contributed by atoms with van der Waals surface area (Å²) in [7, 11) is 0. The number of nitrogens with one attached hydrogen (secondary N) is 1. The maximum Gasteiger partial charge on any atom is 0.416 e. The van der Waals surface area contributed by atoms with Crippen LogP contribution in [0.4, 0.5) is 18.9 Å². The van der Waals surface area contributed by atoms with Crippen LogP contribution in [0.25, 0.3) is 5.82 Å². The number of carbonyl (C=O) groups is 1. The molecule has 5 nitrogen and oxygen atoms in total. The second-order valence-corrected chi connectivity index (χ2v) is 5.25. The molecule has 0 fully saturated rings.